The van der Waals surface area contributed by atoms with E-state index in [-0.39, 0.29) is 35.6 Å². The first-order valence-electron chi connectivity index (χ1n) is 13.6. The lowest BCUT2D eigenvalue weighted by atomic mass is 9.69. The highest BCUT2D eigenvalue weighted by Gasteiger charge is 2.62. The van der Waals surface area contributed by atoms with Gasteiger partial charge in [0.1, 0.15) is 12.1 Å². The van der Waals surface area contributed by atoms with Crippen LogP contribution in [0.15, 0.2) is 24.5 Å². The van der Waals surface area contributed by atoms with Gasteiger partial charge in [-0.3, -0.25) is 14.6 Å². The van der Waals surface area contributed by atoms with E-state index in [1.165, 1.54) is 12.4 Å². The van der Waals surface area contributed by atoms with Gasteiger partial charge in [-0.05, 0) is 72.5 Å². The van der Waals surface area contributed by atoms with Crippen molar-refractivity contribution < 1.29 is 23.1 Å². The van der Waals surface area contributed by atoms with Crippen LogP contribution in [0.4, 0.5) is 0 Å². The van der Waals surface area contributed by atoms with Crippen LogP contribution in [0.3, 0.4) is 0 Å². The highest BCUT2D eigenvalue weighted by Crippen LogP contribution is 2.65. The molecule has 3 aliphatic carbocycles. The summed E-state index contributed by atoms with van der Waals surface area (Å²) in [6.45, 7) is 6.71. The van der Waals surface area contributed by atoms with Crippen molar-refractivity contribution in [3.8, 4) is 0 Å². The Morgan fingerprint density at radius 3 is 2.30 bits per heavy atom. The number of hydrogen-bond acceptors (Lipinski definition) is 5. The number of fused-ring (bicyclic) bond motifs is 2. The Kier molecular flexibility index (Phi) is 8.03. The van der Waals surface area contributed by atoms with Gasteiger partial charge < -0.3 is 10.4 Å². The van der Waals surface area contributed by atoms with Gasteiger partial charge in [0.15, 0.2) is 0 Å². The molecule has 4 N–H and O–H groups in total. The fourth-order valence-electron chi connectivity index (χ4n) is 7.36. The van der Waals surface area contributed by atoms with Crippen LogP contribution in [0, 0.1) is 22.7 Å². The fourth-order valence-corrected chi connectivity index (χ4v) is 8.41. The normalized spacial score (nSPS) is 29.2. The average molecular weight is 535 g/mol. The highest BCUT2D eigenvalue weighted by molar-refractivity contribution is 7.86. The molecular weight excluding hydrogens is 492 g/mol. The van der Waals surface area contributed by atoms with E-state index in [0.29, 0.717) is 11.5 Å². The number of carboxylic acid groups (broad SMARTS) is 1. The maximum absolute atomic E-state index is 14.0. The Hall–Kier alpha value is -2.04. The molecule has 3 fully saturated rings. The topological polar surface area (TPSA) is 143 Å². The number of aromatic nitrogens is 1. The van der Waals surface area contributed by atoms with Gasteiger partial charge in [-0.25, -0.2) is 5.14 Å². The van der Waals surface area contributed by atoms with Gasteiger partial charge in [0.05, 0.1) is 0 Å². The minimum Gasteiger partial charge on any atom is -0.480 e. The van der Waals surface area contributed by atoms with E-state index in [1.54, 1.807) is 12.1 Å². The first-order chi connectivity index (χ1) is 17.3. The lowest BCUT2D eigenvalue weighted by Gasteiger charge is -2.41. The largest absolute Gasteiger partial charge is 0.480 e. The zero-order valence-corrected chi connectivity index (χ0v) is 23.0. The van der Waals surface area contributed by atoms with Crippen LogP contribution in [0.2, 0.25) is 0 Å². The van der Waals surface area contributed by atoms with Gasteiger partial charge in [-0.15, -0.1) is 0 Å². The molecular formula is C27H42N4O5S. The number of pyridine rings is 1. The van der Waals surface area contributed by atoms with Crippen molar-refractivity contribution in [3.63, 3.8) is 0 Å². The van der Waals surface area contributed by atoms with Crippen LogP contribution in [0.1, 0.15) is 84.1 Å². The number of amides is 1. The molecule has 10 heteroatoms. The average Bonchev–Trinajstić information content (AvgIpc) is 3.17. The number of carboxylic acids is 1. The lowest BCUT2D eigenvalue weighted by molar-refractivity contribution is -0.143. The summed E-state index contributed by atoms with van der Waals surface area (Å²) in [7, 11) is -4.53. The summed E-state index contributed by atoms with van der Waals surface area (Å²) in [5.74, 6) is -1.14. The summed E-state index contributed by atoms with van der Waals surface area (Å²) in [4.78, 5) is 30.4. The number of hydrogen-bond donors (Lipinski definition) is 3. The summed E-state index contributed by atoms with van der Waals surface area (Å²) in [5.41, 5.74) is 0.572. The summed E-state index contributed by atoms with van der Waals surface area (Å²) in [6.07, 6.45) is 11.1. The zero-order chi connectivity index (χ0) is 27.0. The Morgan fingerprint density at radius 2 is 1.78 bits per heavy atom. The number of carbonyl (C=O) groups is 2. The predicted molar refractivity (Wildman–Crippen MR) is 140 cm³/mol. The smallest absolute Gasteiger partial charge is 0.322 e. The van der Waals surface area contributed by atoms with Crippen LogP contribution < -0.4 is 10.5 Å². The quantitative estimate of drug-likeness (QED) is 0.420. The third-order valence-corrected chi connectivity index (χ3v) is 11.2. The van der Waals surface area contributed by atoms with Gasteiger partial charge in [-0.1, -0.05) is 52.9 Å². The van der Waals surface area contributed by atoms with Crippen molar-refractivity contribution in [2.24, 2.45) is 27.8 Å². The van der Waals surface area contributed by atoms with E-state index in [9.17, 15) is 23.1 Å². The summed E-state index contributed by atoms with van der Waals surface area (Å²) in [6, 6.07) is 0.501. The van der Waals surface area contributed by atoms with Crippen LogP contribution in [0.5, 0.6) is 0 Å². The standard InChI is InChI=1S/C27H42N4O5S/c1-26(2)20-9-12-27(26,3)23(17-20)30-24(32)21(15-18-7-5-4-6-8-18)31(37(28,35)36)22(25(33)34)16-19-10-13-29-14-11-19/h10-11,13-14,18,20-23H,4-9,12,15-17H2,1-3H3,(H,30,32)(H,33,34)(H2,28,35,36)/t20-,21+,22+,23+,27+/m1/s1. The van der Waals surface area contributed by atoms with Crippen molar-refractivity contribution in [2.45, 2.75) is 103 Å². The summed E-state index contributed by atoms with van der Waals surface area (Å²) >= 11 is 0. The van der Waals surface area contributed by atoms with E-state index in [0.717, 1.165) is 55.7 Å². The molecule has 3 aliphatic rings. The van der Waals surface area contributed by atoms with E-state index in [4.69, 9.17) is 5.14 Å². The molecule has 9 nitrogen and oxygen atoms in total. The number of carbonyl (C=O) groups excluding carboxylic acids is 1. The second kappa shape index (κ2) is 10.6. The third kappa shape index (κ3) is 5.56. The molecule has 37 heavy (non-hydrogen) atoms. The molecule has 0 saturated heterocycles. The van der Waals surface area contributed by atoms with Crippen molar-refractivity contribution in [3.05, 3.63) is 30.1 Å². The van der Waals surface area contributed by atoms with E-state index in [1.807, 2.05) is 0 Å². The number of nitrogens with one attached hydrogen (secondary N) is 1. The molecule has 1 amide bonds. The Morgan fingerprint density at radius 1 is 1.14 bits per heavy atom. The molecule has 3 saturated carbocycles. The number of nitrogens with zero attached hydrogens (tertiary/aromatic N) is 2. The van der Waals surface area contributed by atoms with Crippen molar-refractivity contribution in [1.29, 1.82) is 0 Å². The molecule has 0 aromatic carbocycles. The van der Waals surface area contributed by atoms with Crippen LogP contribution in [-0.4, -0.2) is 52.8 Å². The predicted octanol–water partition coefficient (Wildman–Crippen LogP) is 3.25. The molecule has 0 aliphatic heterocycles. The summed E-state index contributed by atoms with van der Waals surface area (Å²) in [5, 5.41) is 19.1. The SMILES string of the molecule is CC1(C)[C@@H]2CC[C@@]1(C)[C@@H](NC(=O)[C@H](CC1CCCCC1)N([C@@H](Cc1ccncc1)C(=O)O)S(N)(=O)=O)C2. The molecule has 4 rings (SSSR count). The van der Waals surface area contributed by atoms with Crippen LogP contribution in [0.25, 0.3) is 0 Å². The highest BCUT2D eigenvalue weighted by atomic mass is 32.2. The van der Waals surface area contributed by atoms with Gasteiger partial charge in [0.25, 0.3) is 10.2 Å². The first kappa shape index (κ1) is 28.0. The number of rotatable bonds is 10. The Balaban J connectivity index is 1.67. The minimum atomic E-state index is -4.53. The molecule has 0 spiro atoms. The maximum atomic E-state index is 14.0. The van der Waals surface area contributed by atoms with Crippen LogP contribution >= 0.6 is 0 Å². The summed E-state index contributed by atoms with van der Waals surface area (Å²) < 4.78 is 26.8. The van der Waals surface area contributed by atoms with Gasteiger partial charge in [0, 0.05) is 18.4 Å². The van der Waals surface area contributed by atoms with Gasteiger partial charge >= 0.3 is 5.97 Å². The fraction of sp³-hybridized carbons (Fsp3) is 0.741. The maximum Gasteiger partial charge on any atom is 0.322 e. The molecule has 1 heterocycles. The molecule has 1 aromatic heterocycles. The van der Waals surface area contributed by atoms with Gasteiger partial charge in [-0.2, -0.15) is 12.7 Å². The van der Waals surface area contributed by atoms with Gasteiger partial charge in [0.2, 0.25) is 5.91 Å². The van der Waals surface area contributed by atoms with Crippen molar-refractivity contribution in [1.82, 2.24) is 14.6 Å². The minimum absolute atomic E-state index is 0.0639. The molecule has 206 valence electrons. The number of nitrogens with two attached hydrogens (primary N) is 1. The first-order valence-corrected chi connectivity index (χ1v) is 15.1. The van der Waals surface area contributed by atoms with Crippen molar-refractivity contribution >= 4 is 22.1 Å². The molecule has 2 bridgehead atoms. The lowest BCUT2D eigenvalue weighted by Crippen LogP contribution is -2.61. The molecule has 0 radical (unpaired) electrons. The Labute approximate surface area is 220 Å². The molecule has 1 aromatic rings. The monoisotopic (exact) mass is 534 g/mol. The third-order valence-electron chi connectivity index (χ3n) is 10.1. The van der Waals surface area contributed by atoms with E-state index in [2.05, 4.69) is 31.1 Å². The number of aliphatic carboxylic acids is 1. The second-order valence-electron chi connectivity index (χ2n) is 12.2. The second-order valence-corrected chi connectivity index (χ2v) is 13.7. The zero-order valence-electron chi connectivity index (χ0n) is 22.2. The van der Waals surface area contributed by atoms with E-state index >= 15 is 0 Å². The van der Waals surface area contributed by atoms with E-state index < -0.39 is 34.2 Å². The molecule has 5 atom stereocenters. The Bertz CT molecular complexity index is 1090. The van der Waals surface area contributed by atoms with Crippen LogP contribution in [-0.2, 0) is 26.2 Å². The molecule has 0 unspecified atom stereocenters. The van der Waals surface area contributed by atoms with Crippen molar-refractivity contribution in [2.75, 3.05) is 0 Å².